The van der Waals surface area contributed by atoms with Crippen molar-refractivity contribution in [2.24, 2.45) is 11.7 Å². The molecule has 0 aliphatic heterocycles. The molecule has 1 saturated carbocycles. The summed E-state index contributed by atoms with van der Waals surface area (Å²) in [6.07, 6.45) is 2.05. The van der Waals surface area contributed by atoms with Crippen molar-refractivity contribution in [3.63, 3.8) is 0 Å². The van der Waals surface area contributed by atoms with Crippen LogP contribution in [0.1, 0.15) is 49.0 Å². The van der Waals surface area contributed by atoms with Crippen molar-refractivity contribution in [1.82, 2.24) is 9.88 Å². The fourth-order valence-corrected chi connectivity index (χ4v) is 3.89. The van der Waals surface area contributed by atoms with Crippen LogP contribution in [0.15, 0.2) is 29.2 Å². The van der Waals surface area contributed by atoms with Gasteiger partial charge < -0.3 is 15.6 Å². The molecule has 3 N–H and O–H groups in total. The summed E-state index contributed by atoms with van der Waals surface area (Å²) in [6.45, 7) is 2.46. The summed E-state index contributed by atoms with van der Waals surface area (Å²) in [5.41, 5.74) is 5.64. The standard InChI is InChI=1S/C20H24ClF2N3O2/c1-12(10-24)26-9-6-14-15(19(26)28)2-3-16(21)17(14)18(27)25-11-13-4-7-20(22,23)8-5-13/h2-3,6,9,12-13H,4-5,7-8,10-11,24H2,1H3,(H,25,27)/t12-/m1/s1. The summed E-state index contributed by atoms with van der Waals surface area (Å²) in [5, 5.41) is 3.89. The molecule has 1 amide bonds. The maximum atomic E-state index is 13.3. The highest BCUT2D eigenvalue weighted by atomic mass is 35.5. The topological polar surface area (TPSA) is 77.1 Å². The Hall–Kier alpha value is -1.99. The zero-order valence-electron chi connectivity index (χ0n) is 15.7. The molecule has 8 heteroatoms. The van der Waals surface area contributed by atoms with E-state index in [1.54, 1.807) is 18.3 Å². The predicted octanol–water partition coefficient (Wildman–Crippen LogP) is 3.73. The van der Waals surface area contributed by atoms with E-state index >= 15 is 0 Å². The molecule has 28 heavy (non-hydrogen) atoms. The number of nitrogens with one attached hydrogen (secondary N) is 1. The van der Waals surface area contributed by atoms with E-state index in [-0.39, 0.29) is 40.9 Å². The van der Waals surface area contributed by atoms with Crippen LogP contribution in [0.3, 0.4) is 0 Å². The van der Waals surface area contributed by atoms with Crippen molar-refractivity contribution >= 4 is 28.3 Å². The highest BCUT2D eigenvalue weighted by Crippen LogP contribution is 2.36. The summed E-state index contributed by atoms with van der Waals surface area (Å²) >= 11 is 6.25. The first kappa shape index (κ1) is 20.7. The lowest BCUT2D eigenvalue weighted by molar-refractivity contribution is -0.0452. The van der Waals surface area contributed by atoms with Crippen LogP contribution in [-0.2, 0) is 0 Å². The number of aromatic nitrogens is 1. The Morgan fingerprint density at radius 1 is 1.32 bits per heavy atom. The maximum absolute atomic E-state index is 13.3. The summed E-state index contributed by atoms with van der Waals surface area (Å²) < 4.78 is 28.1. The lowest BCUT2D eigenvalue weighted by Gasteiger charge is -2.28. The zero-order chi connectivity index (χ0) is 20.5. The molecule has 1 aliphatic rings. The van der Waals surface area contributed by atoms with Crippen molar-refractivity contribution in [3.05, 3.63) is 45.3 Å². The van der Waals surface area contributed by atoms with Gasteiger partial charge >= 0.3 is 0 Å². The molecular formula is C20H24ClF2N3O2. The first-order valence-electron chi connectivity index (χ1n) is 9.43. The van der Waals surface area contributed by atoms with Crippen LogP contribution < -0.4 is 16.6 Å². The number of hydrogen-bond acceptors (Lipinski definition) is 3. The summed E-state index contributed by atoms with van der Waals surface area (Å²) in [4.78, 5) is 25.5. The SMILES string of the molecule is C[C@H](CN)n1ccc2c(C(=O)NCC3CCC(F)(F)CC3)c(Cl)ccc2c1=O. The maximum Gasteiger partial charge on any atom is 0.258 e. The zero-order valence-corrected chi connectivity index (χ0v) is 16.4. The van der Waals surface area contributed by atoms with Gasteiger partial charge in [-0.25, -0.2) is 8.78 Å². The number of alkyl halides is 2. The van der Waals surface area contributed by atoms with E-state index in [2.05, 4.69) is 5.32 Å². The van der Waals surface area contributed by atoms with Gasteiger partial charge in [-0.2, -0.15) is 0 Å². The number of halogens is 3. The molecule has 0 spiro atoms. The van der Waals surface area contributed by atoms with E-state index in [1.165, 1.54) is 10.6 Å². The van der Waals surface area contributed by atoms with Gasteiger partial charge in [0.05, 0.1) is 10.6 Å². The third-order valence-electron chi connectivity index (χ3n) is 5.49. The molecule has 5 nitrogen and oxygen atoms in total. The molecule has 1 aromatic heterocycles. The van der Waals surface area contributed by atoms with Crippen LogP contribution in [-0.4, -0.2) is 29.5 Å². The number of benzene rings is 1. The van der Waals surface area contributed by atoms with Crippen LogP contribution in [0.2, 0.25) is 5.02 Å². The Bertz CT molecular complexity index is 935. The van der Waals surface area contributed by atoms with E-state index in [0.29, 0.717) is 36.7 Å². The molecule has 1 atom stereocenters. The van der Waals surface area contributed by atoms with Crippen molar-refractivity contribution in [2.75, 3.05) is 13.1 Å². The molecule has 3 rings (SSSR count). The van der Waals surface area contributed by atoms with Crippen molar-refractivity contribution in [3.8, 4) is 0 Å². The Labute approximate surface area is 166 Å². The van der Waals surface area contributed by atoms with Crippen LogP contribution in [0.4, 0.5) is 8.78 Å². The van der Waals surface area contributed by atoms with Gasteiger partial charge in [0, 0.05) is 48.9 Å². The minimum absolute atomic E-state index is 0.0139. The van der Waals surface area contributed by atoms with Crippen LogP contribution in [0, 0.1) is 5.92 Å². The van der Waals surface area contributed by atoms with Crippen molar-refractivity contribution in [2.45, 2.75) is 44.6 Å². The Morgan fingerprint density at radius 2 is 2.00 bits per heavy atom. The van der Waals surface area contributed by atoms with Gasteiger partial charge in [0.25, 0.3) is 11.5 Å². The van der Waals surface area contributed by atoms with Gasteiger partial charge in [-0.15, -0.1) is 0 Å². The van der Waals surface area contributed by atoms with E-state index in [0.717, 1.165) is 0 Å². The molecule has 0 saturated heterocycles. The highest BCUT2D eigenvalue weighted by Gasteiger charge is 2.34. The quantitative estimate of drug-likeness (QED) is 0.787. The number of carbonyl (C=O) groups excluding carboxylic acids is 1. The van der Waals surface area contributed by atoms with Gasteiger partial charge in [0.2, 0.25) is 5.92 Å². The molecule has 2 aromatic rings. The monoisotopic (exact) mass is 411 g/mol. The number of nitrogens with zero attached hydrogens (tertiary/aromatic N) is 1. The fraction of sp³-hybridized carbons (Fsp3) is 0.500. The van der Waals surface area contributed by atoms with Gasteiger partial charge in [0.1, 0.15) is 0 Å². The van der Waals surface area contributed by atoms with E-state index in [1.807, 2.05) is 6.92 Å². The average molecular weight is 412 g/mol. The number of carbonyl (C=O) groups is 1. The second kappa shape index (κ2) is 8.17. The number of fused-ring (bicyclic) bond motifs is 1. The molecular weight excluding hydrogens is 388 g/mol. The van der Waals surface area contributed by atoms with Gasteiger partial charge in [0.15, 0.2) is 0 Å². The first-order valence-corrected chi connectivity index (χ1v) is 9.81. The summed E-state index contributed by atoms with van der Waals surface area (Å²) in [7, 11) is 0. The highest BCUT2D eigenvalue weighted by molar-refractivity contribution is 6.35. The Morgan fingerprint density at radius 3 is 2.64 bits per heavy atom. The minimum atomic E-state index is -2.60. The van der Waals surface area contributed by atoms with Gasteiger partial charge in [-0.05, 0) is 43.9 Å². The number of pyridine rings is 1. The smallest absolute Gasteiger partial charge is 0.258 e. The summed E-state index contributed by atoms with van der Waals surface area (Å²) in [6, 6.07) is 4.64. The third kappa shape index (κ3) is 4.20. The van der Waals surface area contributed by atoms with Crippen LogP contribution >= 0.6 is 11.6 Å². The summed E-state index contributed by atoms with van der Waals surface area (Å²) in [5.74, 6) is -2.99. The van der Waals surface area contributed by atoms with E-state index in [9.17, 15) is 18.4 Å². The predicted molar refractivity (Wildman–Crippen MR) is 106 cm³/mol. The van der Waals surface area contributed by atoms with Crippen LogP contribution in [0.5, 0.6) is 0 Å². The van der Waals surface area contributed by atoms with E-state index in [4.69, 9.17) is 17.3 Å². The number of hydrogen-bond donors (Lipinski definition) is 2. The average Bonchev–Trinajstić information content (AvgIpc) is 2.66. The van der Waals surface area contributed by atoms with Crippen molar-refractivity contribution < 1.29 is 13.6 Å². The number of rotatable bonds is 5. The molecule has 1 heterocycles. The molecule has 0 unspecified atom stereocenters. The molecule has 1 aromatic carbocycles. The molecule has 0 bridgehead atoms. The molecule has 0 radical (unpaired) electrons. The Kier molecular flexibility index (Phi) is 6.05. The lowest BCUT2D eigenvalue weighted by Crippen LogP contribution is -2.34. The third-order valence-corrected chi connectivity index (χ3v) is 5.81. The second-order valence-corrected chi connectivity index (χ2v) is 7.91. The van der Waals surface area contributed by atoms with Crippen molar-refractivity contribution in [1.29, 1.82) is 0 Å². The number of amides is 1. The van der Waals surface area contributed by atoms with Gasteiger partial charge in [-0.3, -0.25) is 9.59 Å². The Balaban J connectivity index is 1.84. The fourth-order valence-electron chi connectivity index (χ4n) is 3.64. The first-order chi connectivity index (χ1) is 13.2. The second-order valence-electron chi connectivity index (χ2n) is 7.51. The van der Waals surface area contributed by atoms with Crippen LogP contribution in [0.25, 0.3) is 10.8 Å². The normalized spacial score (nSPS) is 18.2. The number of nitrogens with two attached hydrogens (primary N) is 1. The van der Waals surface area contributed by atoms with E-state index < -0.39 is 11.8 Å². The minimum Gasteiger partial charge on any atom is -0.352 e. The molecule has 1 fully saturated rings. The molecule has 152 valence electrons. The lowest BCUT2D eigenvalue weighted by atomic mass is 9.87. The largest absolute Gasteiger partial charge is 0.352 e. The van der Waals surface area contributed by atoms with Gasteiger partial charge in [-0.1, -0.05) is 11.6 Å². The molecule has 1 aliphatic carbocycles.